The van der Waals surface area contributed by atoms with Crippen molar-refractivity contribution < 1.29 is 0 Å². The molecule has 2 rings (SSSR count). The van der Waals surface area contributed by atoms with E-state index in [-0.39, 0.29) is 11.8 Å². The first kappa shape index (κ1) is 12.8. The Bertz CT molecular complexity index is 581. The zero-order chi connectivity index (χ0) is 13.1. The molecule has 0 radical (unpaired) electrons. The second-order valence-corrected chi connectivity index (χ2v) is 5.37. The lowest BCUT2D eigenvalue weighted by molar-refractivity contribution is 0.566. The molecule has 0 aliphatic rings. The molecule has 18 heavy (non-hydrogen) atoms. The van der Waals surface area contributed by atoms with Gasteiger partial charge in [-0.25, -0.2) is 4.98 Å². The molecule has 0 fully saturated rings. The van der Waals surface area contributed by atoms with Gasteiger partial charge in [0.15, 0.2) is 0 Å². The summed E-state index contributed by atoms with van der Waals surface area (Å²) in [7, 11) is 0. The van der Waals surface area contributed by atoms with Crippen LogP contribution < -0.4 is 0 Å². The summed E-state index contributed by atoms with van der Waals surface area (Å²) in [5.41, 5.74) is 1.98. The van der Waals surface area contributed by atoms with E-state index in [1.165, 1.54) is 0 Å². The monoisotopic (exact) mass is 303 g/mol. The van der Waals surface area contributed by atoms with Crippen LogP contribution in [0, 0.1) is 17.2 Å². The van der Waals surface area contributed by atoms with Gasteiger partial charge in [-0.15, -0.1) is 0 Å². The van der Waals surface area contributed by atoms with E-state index in [9.17, 15) is 0 Å². The highest BCUT2D eigenvalue weighted by Gasteiger charge is 2.19. The fourth-order valence-electron chi connectivity index (χ4n) is 1.84. The molecule has 0 saturated heterocycles. The molecule has 0 aliphatic carbocycles. The van der Waals surface area contributed by atoms with Gasteiger partial charge in [0.1, 0.15) is 11.7 Å². The Labute approximate surface area is 115 Å². The highest BCUT2D eigenvalue weighted by molar-refractivity contribution is 9.10. The van der Waals surface area contributed by atoms with Crippen LogP contribution in [0.1, 0.15) is 25.6 Å². The molecule has 0 aliphatic heterocycles. The molecule has 1 aromatic carbocycles. The van der Waals surface area contributed by atoms with Gasteiger partial charge in [-0.2, -0.15) is 5.26 Å². The quantitative estimate of drug-likeness (QED) is 0.928. The second kappa shape index (κ2) is 5.36. The maximum atomic E-state index is 9.17. The van der Waals surface area contributed by atoms with Crippen LogP contribution in [0.4, 0.5) is 0 Å². The van der Waals surface area contributed by atoms with Gasteiger partial charge in [-0.05, 0) is 12.0 Å². The third kappa shape index (κ3) is 2.46. The van der Waals surface area contributed by atoms with Crippen molar-refractivity contribution in [2.45, 2.75) is 19.8 Å². The van der Waals surface area contributed by atoms with Gasteiger partial charge in [0.25, 0.3) is 0 Å². The van der Waals surface area contributed by atoms with Crippen molar-refractivity contribution >= 4 is 15.9 Å². The fourth-order valence-corrected chi connectivity index (χ4v) is 2.34. The Morgan fingerprint density at radius 3 is 2.67 bits per heavy atom. The van der Waals surface area contributed by atoms with E-state index in [0.717, 1.165) is 21.6 Å². The molecule has 1 heterocycles. The van der Waals surface area contributed by atoms with Crippen LogP contribution in [0.5, 0.6) is 0 Å². The lowest BCUT2D eigenvalue weighted by Crippen LogP contribution is -2.05. The van der Waals surface area contributed by atoms with E-state index < -0.39 is 0 Å². The van der Waals surface area contributed by atoms with Crippen LogP contribution in [0.2, 0.25) is 0 Å². The number of aromatic amines is 1. The third-order valence-corrected chi connectivity index (χ3v) is 3.55. The van der Waals surface area contributed by atoms with Gasteiger partial charge in [0.2, 0.25) is 0 Å². The summed E-state index contributed by atoms with van der Waals surface area (Å²) in [4.78, 5) is 7.57. The van der Waals surface area contributed by atoms with E-state index in [2.05, 4.69) is 32.0 Å². The lowest BCUT2D eigenvalue weighted by atomic mass is 9.97. The topological polar surface area (TPSA) is 52.5 Å². The highest BCUT2D eigenvalue weighted by atomic mass is 79.9. The summed E-state index contributed by atoms with van der Waals surface area (Å²) in [5.74, 6) is 0.785. The van der Waals surface area contributed by atoms with Crippen LogP contribution in [0.3, 0.4) is 0 Å². The predicted octanol–water partition coefficient (Wildman–Crippen LogP) is 4.10. The molecule has 1 atom stereocenters. The van der Waals surface area contributed by atoms with Crippen molar-refractivity contribution in [1.29, 1.82) is 5.26 Å². The number of H-pyrrole nitrogens is 1. The standard InChI is InChI=1S/C14H14BrN3/c1-9(2)11(7-16)14-17-8-13(18-14)10-5-3-4-6-12(10)15/h3-6,8-9,11H,1-2H3,(H,17,18). The molecule has 0 amide bonds. The third-order valence-electron chi connectivity index (χ3n) is 2.86. The number of nitrogens with one attached hydrogen (secondary N) is 1. The summed E-state index contributed by atoms with van der Waals surface area (Å²) >= 11 is 3.51. The van der Waals surface area contributed by atoms with E-state index in [1.807, 2.05) is 38.1 Å². The molecule has 3 nitrogen and oxygen atoms in total. The van der Waals surface area contributed by atoms with Crippen LogP contribution in [-0.4, -0.2) is 9.97 Å². The average molecular weight is 304 g/mol. The normalized spacial score (nSPS) is 12.4. The second-order valence-electron chi connectivity index (χ2n) is 4.51. The van der Waals surface area contributed by atoms with Crippen LogP contribution in [0.15, 0.2) is 34.9 Å². The number of aromatic nitrogens is 2. The van der Waals surface area contributed by atoms with Gasteiger partial charge >= 0.3 is 0 Å². The van der Waals surface area contributed by atoms with Crippen molar-refractivity contribution in [3.63, 3.8) is 0 Å². The van der Waals surface area contributed by atoms with Crippen molar-refractivity contribution in [2.75, 3.05) is 0 Å². The maximum absolute atomic E-state index is 9.17. The number of benzene rings is 1. The Balaban J connectivity index is 2.37. The van der Waals surface area contributed by atoms with Crippen molar-refractivity contribution in [3.05, 3.63) is 40.8 Å². The number of imidazole rings is 1. The number of nitriles is 1. The van der Waals surface area contributed by atoms with E-state index in [4.69, 9.17) is 5.26 Å². The van der Waals surface area contributed by atoms with Gasteiger partial charge in [0, 0.05) is 10.0 Å². The molecule has 0 saturated carbocycles. The summed E-state index contributed by atoms with van der Waals surface area (Å²) in [6.07, 6.45) is 1.78. The van der Waals surface area contributed by atoms with Crippen molar-refractivity contribution in [3.8, 4) is 17.3 Å². The fraction of sp³-hybridized carbons (Fsp3) is 0.286. The SMILES string of the molecule is CC(C)C(C#N)c1ncc(-c2ccccc2Br)[nH]1. The number of hydrogen-bond donors (Lipinski definition) is 1. The molecule has 4 heteroatoms. The minimum absolute atomic E-state index is 0.193. The molecule has 1 N–H and O–H groups in total. The molecule has 0 spiro atoms. The molecule has 1 aromatic heterocycles. The Kier molecular flexibility index (Phi) is 3.83. The predicted molar refractivity (Wildman–Crippen MR) is 74.9 cm³/mol. The van der Waals surface area contributed by atoms with E-state index in [0.29, 0.717) is 0 Å². The Morgan fingerprint density at radius 2 is 2.06 bits per heavy atom. The maximum Gasteiger partial charge on any atom is 0.124 e. The zero-order valence-electron chi connectivity index (χ0n) is 10.3. The minimum atomic E-state index is -0.193. The van der Waals surface area contributed by atoms with E-state index in [1.54, 1.807) is 6.20 Å². The van der Waals surface area contributed by atoms with Crippen molar-refractivity contribution in [2.24, 2.45) is 5.92 Å². The number of halogens is 1. The number of nitrogens with zero attached hydrogens (tertiary/aromatic N) is 2. The summed E-state index contributed by atoms with van der Waals surface area (Å²) in [5, 5.41) is 9.17. The van der Waals surface area contributed by atoms with Crippen LogP contribution in [-0.2, 0) is 0 Å². The van der Waals surface area contributed by atoms with Gasteiger partial charge in [-0.1, -0.05) is 48.0 Å². The highest BCUT2D eigenvalue weighted by Crippen LogP contribution is 2.28. The van der Waals surface area contributed by atoms with Crippen molar-refractivity contribution in [1.82, 2.24) is 9.97 Å². The first-order chi connectivity index (χ1) is 8.63. The van der Waals surface area contributed by atoms with Gasteiger partial charge in [-0.3, -0.25) is 0 Å². The molecule has 1 unspecified atom stereocenters. The first-order valence-electron chi connectivity index (χ1n) is 5.83. The lowest BCUT2D eigenvalue weighted by Gasteiger charge is -2.09. The Hall–Kier alpha value is -1.60. The van der Waals surface area contributed by atoms with Crippen LogP contribution >= 0.6 is 15.9 Å². The number of hydrogen-bond acceptors (Lipinski definition) is 2. The Morgan fingerprint density at radius 1 is 1.33 bits per heavy atom. The molecule has 0 bridgehead atoms. The van der Waals surface area contributed by atoms with Gasteiger partial charge < -0.3 is 4.98 Å². The summed E-state index contributed by atoms with van der Waals surface area (Å²) < 4.78 is 1.01. The average Bonchev–Trinajstić information content (AvgIpc) is 2.79. The van der Waals surface area contributed by atoms with E-state index >= 15 is 0 Å². The molecular formula is C14H14BrN3. The molecule has 92 valence electrons. The van der Waals surface area contributed by atoms with Gasteiger partial charge in [0.05, 0.1) is 18.0 Å². The molecular weight excluding hydrogens is 290 g/mol. The smallest absolute Gasteiger partial charge is 0.124 e. The minimum Gasteiger partial charge on any atom is -0.341 e. The largest absolute Gasteiger partial charge is 0.341 e. The zero-order valence-corrected chi connectivity index (χ0v) is 11.9. The first-order valence-corrected chi connectivity index (χ1v) is 6.62. The van der Waals surface area contributed by atoms with Crippen LogP contribution in [0.25, 0.3) is 11.3 Å². The molecule has 2 aromatic rings. The summed E-state index contributed by atoms with van der Waals surface area (Å²) in [6, 6.07) is 10.2. The number of rotatable bonds is 3. The summed E-state index contributed by atoms with van der Waals surface area (Å²) in [6.45, 7) is 4.04.